The van der Waals surface area contributed by atoms with E-state index in [1.165, 1.54) is 135 Å². The number of hydrogen-bond acceptors (Lipinski definition) is 9. The molecule has 9 heteroatoms. The third kappa shape index (κ3) is 34.3. The van der Waals surface area contributed by atoms with Crippen molar-refractivity contribution in [1.82, 2.24) is 0 Å². The maximum absolute atomic E-state index is 12.8. The third-order valence-corrected chi connectivity index (χ3v) is 11.5. The van der Waals surface area contributed by atoms with Crippen molar-refractivity contribution < 1.29 is 44.2 Å². The highest BCUT2D eigenvalue weighted by Gasteiger charge is 2.44. The maximum Gasteiger partial charge on any atom is 0.306 e. The molecule has 6 atom stereocenters. The van der Waals surface area contributed by atoms with E-state index in [1.807, 2.05) is 0 Å². The van der Waals surface area contributed by atoms with Gasteiger partial charge in [-0.25, -0.2) is 0 Å². The van der Waals surface area contributed by atoms with E-state index in [-0.39, 0.29) is 19.2 Å². The fourth-order valence-electron chi connectivity index (χ4n) is 7.49. The Labute approximate surface area is 373 Å². The Balaban J connectivity index is 2.20. The highest BCUT2D eigenvalue weighted by atomic mass is 16.7. The molecule has 1 rings (SSSR count). The van der Waals surface area contributed by atoms with Crippen LogP contribution in [0.1, 0.15) is 213 Å². The van der Waals surface area contributed by atoms with Gasteiger partial charge in [-0.05, 0) is 77.0 Å². The Morgan fingerprint density at radius 2 is 0.951 bits per heavy atom. The molecule has 9 nitrogen and oxygen atoms in total. The highest BCUT2D eigenvalue weighted by molar-refractivity contribution is 5.69. The molecular formula is C52H94O9. The van der Waals surface area contributed by atoms with Crippen molar-refractivity contribution in [2.45, 2.75) is 250 Å². The number of aliphatic hydroxyl groups is 4. The second-order valence-corrected chi connectivity index (χ2v) is 17.3. The molecule has 61 heavy (non-hydrogen) atoms. The lowest BCUT2D eigenvalue weighted by atomic mass is 9.99. The summed E-state index contributed by atoms with van der Waals surface area (Å²) in [5.41, 5.74) is 0. The van der Waals surface area contributed by atoms with Crippen LogP contribution >= 0.6 is 0 Å². The Morgan fingerprint density at radius 3 is 1.44 bits per heavy atom. The third-order valence-electron chi connectivity index (χ3n) is 11.5. The Morgan fingerprint density at radius 1 is 0.525 bits per heavy atom. The van der Waals surface area contributed by atoms with Crippen LogP contribution in [-0.4, -0.2) is 89.6 Å². The summed E-state index contributed by atoms with van der Waals surface area (Å²) in [6, 6.07) is 0. The number of hydrogen-bond donors (Lipinski definition) is 4. The van der Waals surface area contributed by atoms with E-state index in [2.05, 4.69) is 62.5 Å². The minimum atomic E-state index is -1.54. The Hall–Kier alpha value is -1.85. The number of rotatable bonds is 43. The molecule has 4 N–H and O–H groups in total. The fraction of sp³-hybridized carbons (Fsp3) is 0.827. The van der Waals surface area contributed by atoms with Gasteiger partial charge in [-0.15, -0.1) is 0 Å². The van der Waals surface area contributed by atoms with E-state index in [1.54, 1.807) is 0 Å². The van der Waals surface area contributed by atoms with Gasteiger partial charge in [0.1, 0.15) is 30.5 Å². The zero-order chi connectivity index (χ0) is 44.3. The first-order valence-electron chi connectivity index (χ1n) is 25.2. The first kappa shape index (κ1) is 57.2. The quantitative estimate of drug-likeness (QED) is 0.0268. The number of unbranched alkanes of at least 4 members (excludes halogenated alkanes) is 24. The summed E-state index contributed by atoms with van der Waals surface area (Å²) >= 11 is 0. The van der Waals surface area contributed by atoms with Crippen molar-refractivity contribution in [3.05, 3.63) is 48.6 Å². The summed E-state index contributed by atoms with van der Waals surface area (Å²) in [5.74, 6) is -0.324. The standard InChI is InChI=1S/C52H94O9/c1-3-5-7-9-11-13-15-17-19-20-21-22-23-24-25-26-27-28-30-32-34-36-38-40-42-58-44-46(45-59-52-51(57)50(56)49(55)47(43-53)61-52)60-48(54)41-39-37-35-33-31-29-18-16-14-12-10-8-6-4-2/h15-18,20-21,23-24,46-47,49-53,55-57H,3-14,19,22,25-45H2,1-2H3/b17-15-,18-16-,21-20-,24-23-. The average molecular weight is 863 g/mol. The van der Waals surface area contributed by atoms with Crippen LogP contribution in [0, 0.1) is 0 Å². The largest absolute Gasteiger partial charge is 0.457 e. The van der Waals surface area contributed by atoms with Gasteiger partial charge in [0.05, 0.1) is 19.8 Å². The second kappa shape index (κ2) is 43.4. The predicted octanol–water partition coefficient (Wildman–Crippen LogP) is 12.1. The van der Waals surface area contributed by atoms with E-state index in [9.17, 15) is 25.2 Å². The van der Waals surface area contributed by atoms with Crippen LogP contribution in [0.5, 0.6) is 0 Å². The van der Waals surface area contributed by atoms with Crippen molar-refractivity contribution in [3.8, 4) is 0 Å². The van der Waals surface area contributed by atoms with Crippen LogP contribution in [0.15, 0.2) is 48.6 Å². The van der Waals surface area contributed by atoms with Crippen LogP contribution < -0.4 is 0 Å². The van der Waals surface area contributed by atoms with Gasteiger partial charge in [-0.2, -0.15) is 0 Å². The van der Waals surface area contributed by atoms with Gasteiger partial charge in [0.2, 0.25) is 0 Å². The highest BCUT2D eigenvalue weighted by Crippen LogP contribution is 2.23. The molecule has 0 aromatic carbocycles. The van der Waals surface area contributed by atoms with Crippen molar-refractivity contribution >= 4 is 5.97 Å². The van der Waals surface area contributed by atoms with E-state index in [0.717, 1.165) is 57.8 Å². The average Bonchev–Trinajstić information content (AvgIpc) is 3.26. The molecule has 1 fully saturated rings. The molecule has 0 aliphatic carbocycles. The number of carbonyl (C=O) groups excluding carboxylic acids is 1. The number of ether oxygens (including phenoxy) is 4. The van der Waals surface area contributed by atoms with E-state index in [0.29, 0.717) is 13.0 Å². The van der Waals surface area contributed by atoms with E-state index >= 15 is 0 Å². The molecule has 0 bridgehead atoms. The van der Waals surface area contributed by atoms with Gasteiger partial charge in [0.25, 0.3) is 0 Å². The SMILES string of the molecule is CCCCCCC/C=C\C/C=C\C/C=C\CCCCCCCCCCCOCC(COC1OC(CO)C(O)C(O)C1O)OC(=O)CCCCCCC/C=C\CCCCCCC. The molecule has 0 spiro atoms. The molecule has 1 heterocycles. The summed E-state index contributed by atoms with van der Waals surface area (Å²) in [7, 11) is 0. The molecule has 1 saturated heterocycles. The summed E-state index contributed by atoms with van der Waals surface area (Å²) in [4.78, 5) is 12.8. The van der Waals surface area contributed by atoms with Crippen LogP contribution in [0.2, 0.25) is 0 Å². The topological polar surface area (TPSA) is 135 Å². The summed E-state index contributed by atoms with van der Waals surface area (Å²) in [6.07, 6.45) is 47.1. The van der Waals surface area contributed by atoms with Gasteiger partial charge in [-0.3, -0.25) is 4.79 Å². The minimum absolute atomic E-state index is 0.119. The first-order valence-corrected chi connectivity index (χ1v) is 25.2. The molecule has 6 unspecified atom stereocenters. The summed E-state index contributed by atoms with van der Waals surface area (Å²) in [5, 5.41) is 40.2. The maximum atomic E-state index is 12.8. The molecule has 0 aromatic rings. The number of allylic oxidation sites excluding steroid dienone is 8. The summed E-state index contributed by atoms with van der Waals surface area (Å²) < 4.78 is 22.9. The number of aliphatic hydroxyl groups excluding tert-OH is 4. The van der Waals surface area contributed by atoms with Crippen molar-refractivity contribution in [3.63, 3.8) is 0 Å². The van der Waals surface area contributed by atoms with Crippen LogP contribution in [0.25, 0.3) is 0 Å². The van der Waals surface area contributed by atoms with Crippen LogP contribution in [0.4, 0.5) is 0 Å². The zero-order valence-corrected chi connectivity index (χ0v) is 39.2. The Bertz CT molecular complexity index is 1070. The lowest BCUT2D eigenvalue weighted by molar-refractivity contribution is -0.305. The molecule has 0 aromatic heterocycles. The van der Waals surface area contributed by atoms with Crippen LogP contribution in [0.3, 0.4) is 0 Å². The van der Waals surface area contributed by atoms with Gasteiger partial charge in [0, 0.05) is 13.0 Å². The smallest absolute Gasteiger partial charge is 0.306 e. The summed E-state index contributed by atoms with van der Waals surface area (Å²) in [6.45, 7) is 4.53. The Kier molecular flexibility index (Phi) is 40.7. The van der Waals surface area contributed by atoms with E-state index in [4.69, 9.17) is 18.9 Å². The monoisotopic (exact) mass is 863 g/mol. The van der Waals surface area contributed by atoms with Crippen molar-refractivity contribution in [2.75, 3.05) is 26.4 Å². The molecule has 0 amide bonds. The van der Waals surface area contributed by atoms with Gasteiger partial charge >= 0.3 is 5.97 Å². The first-order chi connectivity index (χ1) is 29.9. The van der Waals surface area contributed by atoms with Crippen LogP contribution in [-0.2, 0) is 23.7 Å². The number of esters is 1. The molecule has 1 aliphatic rings. The molecule has 0 radical (unpaired) electrons. The second-order valence-electron chi connectivity index (χ2n) is 17.3. The van der Waals surface area contributed by atoms with Gasteiger partial charge in [0.15, 0.2) is 6.29 Å². The van der Waals surface area contributed by atoms with Crippen molar-refractivity contribution in [2.24, 2.45) is 0 Å². The van der Waals surface area contributed by atoms with E-state index < -0.39 is 43.4 Å². The normalized spacial score (nSPS) is 20.3. The molecular weight excluding hydrogens is 769 g/mol. The predicted molar refractivity (Wildman–Crippen MR) is 251 cm³/mol. The molecule has 0 saturated carbocycles. The van der Waals surface area contributed by atoms with Gasteiger partial charge in [-0.1, -0.05) is 178 Å². The zero-order valence-electron chi connectivity index (χ0n) is 39.2. The van der Waals surface area contributed by atoms with Crippen molar-refractivity contribution in [1.29, 1.82) is 0 Å². The number of carbonyl (C=O) groups is 1. The minimum Gasteiger partial charge on any atom is -0.457 e. The lowest BCUT2D eigenvalue weighted by Crippen LogP contribution is -2.59. The molecule has 356 valence electrons. The lowest BCUT2D eigenvalue weighted by Gasteiger charge is -2.39. The van der Waals surface area contributed by atoms with Gasteiger partial charge < -0.3 is 39.4 Å². The molecule has 1 aliphatic heterocycles. The fourth-order valence-corrected chi connectivity index (χ4v) is 7.49.